The van der Waals surface area contributed by atoms with Gasteiger partial charge in [-0.3, -0.25) is 4.79 Å². The van der Waals surface area contributed by atoms with Gasteiger partial charge in [-0.1, -0.05) is 64.2 Å². The van der Waals surface area contributed by atoms with E-state index in [9.17, 15) is 13.6 Å². The predicted molar refractivity (Wildman–Crippen MR) is 148 cm³/mol. The van der Waals surface area contributed by atoms with Crippen LogP contribution in [0, 0.1) is 0 Å². The highest BCUT2D eigenvalue weighted by Gasteiger charge is 2.36. The van der Waals surface area contributed by atoms with Gasteiger partial charge in [0, 0.05) is 19.4 Å². The third kappa shape index (κ3) is 7.99. The van der Waals surface area contributed by atoms with Gasteiger partial charge in [0.05, 0.1) is 18.1 Å². The van der Waals surface area contributed by atoms with Gasteiger partial charge in [0.15, 0.2) is 23.1 Å². The number of ether oxygens (including phenoxy) is 1. The Balaban J connectivity index is 0.969. The SMILES string of the molecule is CC1COC2=C(CCC(F)=C2F)N1C(=O)CCCCCCCCCCCCCCNc1ncnc2nc[nH]c12. The van der Waals surface area contributed by atoms with E-state index in [4.69, 9.17) is 4.74 Å². The van der Waals surface area contributed by atoms with Gasteiger partial charge >= 0.3 is 0 Å². The van der Waals surface area contributed by atoms with Crippen molar-refractivity contribution in [1.29, 1.82) is 0 Å². The molecular formula is C29H42F2N6O2. The summed E-state index contributed by atoms with van der Waals surface area (Å²) in [5.74, 6) is -0.982. The Morgan fingerprint density at radius 2 is 1.64 bits per heavy atom. The highest BCUT2D eigenvalue weighted by Crippen LogP contribution is 2.38. The van der Waals surface area contributed by atoms with E-state index in [1.807, 2.05) is 6.92 Å². The lowest BCUT2D eigenvalue weighted by molar-refractivity contribution is -0.133. The van der Waals surface area contributed by atoms with Gasteiger partial charge in [0.1, 0.15) is 24.3 Å². The zero-order valence-corrected chi connectivity index (χ0v) is 23.1. The molecule has 4 rings (SSSR count). The summed E-state index contributed by atoms with van der Waals surface area (Å²) in [6, 6.07) is -0.153. The van der Waals surface area contributed by atoms with Gasteiger partial charge in [-0.2, -0.15) is 4.39 Å². The van der Waals surface area contributed by atoms with Crippen molar-refractivity contribution in [1.82, 2.24) is 24.8 Å². The number of anilines is 1. The number of allylic oxidation sites excluding steroid dienone is 3. The lowest BCUT2D eigenvalue weighted by atomic mass is 10.0. The van der Waals surface area contributed by atoms with Crippen LogP contribution in [0.1, 0.15) is 103 Å². The molecule has 8 nitrogen and oxygen atoms in total. The number of imidazole rings is 1. The minimum Gasteiger partial charge on any atom is -0.486 e. The molecule has 0 aromatic carbocycles. The molecule has 3 heterocycles. The van der Waals surface area contributed by atoms with Gasteiger partial charge < -0.3 is 19.9 Å². The normalized spacial score (nSPS) is 17.5. The molecule has 0 bridgehead atoms. The highest BCUT2D eigenvalue weighted by molar-refractivity contribution is 5.81. The molecule has 1 aliphatic carbocycles. The fraction of sp³-hybridized carbons (Fsp3) is 0.655. The zero-order chi connectivity index (χ0) is 27.5. The molecule has 1 aliphatic heterocycles. The van der Waals surface area contributed by atoms with E-state index in [1.165, 1.54) is 57.7 Å². The summed E-state index contributed by atoms with van der Waals surface area (Å²) in [4.78, 5) is 30.2. The van der Waals surface area contributed by atoms with Crippen LogP contribution in [-0.4, -0.2) is 49.9 Å². The summed E-state index contributed by atoms with van der Waals surface area (Å²) in [6.45, 7) is 2.99. The van der Waals surface area contributed by atoms with Gasteiger partial charge in [-0.25, -0.2) is 19.3 Å². The third-order valence-corrected chi connectivity index (χ3v) is 7.58. The average molecular weight is 545 g/mol. The Kier molecular flexibility index (Phi) is 11.1. The molecule has 1 atom stereocenters. The topological polar surface area (TPSA) is 96.0 Å². The number of carbonyl (C=O) groups excluding carboxylic acids is 1. The number of unbranched alkanes of at least 4 members (excludes halogenated alkanes) is 11. The lowest BCUT2D eigenvalue weighted by Crippen LogP contribution is -2.44. The number of aromatic nitrogens is 4. The Labute approximate surface area is 229 Å². The first-order valence-corrected chi connectivity index (χ1v) is 14.7. The highest BCUT2D eigenvalue weighted by atomic mass is 19.2. The summed E-state index contributed by atoms with van der Waals surface area (Å²) in [5, 5.41) is 3.37. The summed E-state index contributed by atoms with van der Waals surface area (Å²) < 4.78 is 33.2. The van der Waals surface area contributed by atoms with Crippen molar-refractivity contribution in [3.05, 3.63) is 35.8 Å². The maximum Gasteiger partial charge on any atom is 0.227 e. The van der Waals surface area contributed by atoms with Crippen molar-refractivity contribution in [2.24, 2.45) is 0 Å². The van der Waals surface area contributed by atoms with Gasteiger partial charge in [-0.15, -0.1) is 0 Å². The number of nitrogens with one attached hydrogen (secondary N) is 2. The summed E-state index contributed by atoms with van der Waals surface area (Å²) in [6.07, 6.45) is 18.1. The fourth-order valence-electron chi connectivity index (χ4n) is 5.41. The van der Waals surface area contributed by atoms with Crippen molar-refractivity contribution in [2.75, 3.05) is 18.5 Å². The minimum absolute atomic E-state index is 0.00617. The van der Waals surface area contributed by atoms with Crippen LogP contribution in [-0.2, 0) is 9.53 Å². The monoisotopic (exact) mass is 544 g/mol. The van der Waals surface area contributed by atoms with Crippen LogP contribution >= 0.6 is 0 Å². The van der Waals surface area contributed by atoms with Crippen molar-refractivity contribution in [3.63, 3.8) is 0 Å². The van der Waals surface area contributed by atoms with Crippen LogP contribution < -0.4 is 5.32 Å². The largest absolute Gasteiger partial charge is 0.486 e. The maximum atomic E-state index is 14.1. The second-order valence-electron chi connectivity index (χ2n) is 10.7. The van der Waals surface area contributed by atoms with Gasteiger partial charge in [0.25, 0.3) is 0 Å². The number of amides is 1. The summed E-state index contributed by atoms with van der Waals surface area (Å²) >= 11 is 0. The number of halogens is 2. The van der Waals surface area contributed by atoms with E-state index < -0.39 is 11.7 Å². The van der Waals surface area contributed by atoms with Crippen LogP contribution in [0.15, 0.2) is 35.8 Å². The number of nitrogens with zero attached hydrogens (tertiary/aromatic N) is 4. The molecule has 0 saturated heterocycles. The van der Waals surface area contributed by atoms with Crippen molar-refractivity contribution in [3.8, 4) is 0 Å². The first-order valence-electron chi connectivity index (χ1n) is 14.7. The number of aromatic amines is 1. The standard InChI is InChI=1S/C29H42F2N6O2/c1-21-18-39-27-23(16-15-22(30)25(27)31)37(21)24(38)14-12-10-8-6-4-2-3-5-7-9-11-13-17-32-28-26-29(34-19-33-26)36-20-35-28/h19-21H,2-18H2,1H3,(H2,32,33,34,35,36). The molecule has 39 heavy (non-hydrogen) atoms. The number of hydrogen-bond donors (Lipinski definition) is 2. The molecule has 0 spiro atoms. The molecule has 1 unspecified atom stereocenters. The van der Waals surface area contributed by atoms with Crippen LogP contribution in [0.2, 0.25) is 0 Å². The number of rotatable bonds is 16. The van der Waals surface area contributed by atoms with E-state index in [0.29, 0.717) is 24.2 Å². The Hall–Kier alpha value is -3.04. The summed E-state index contributed by atoms with van der Waals surface area (Å²) in [7, 11) is 0. The molecule has 0 saturated carbocycles. The molecule has 2 aromatic heterocycles. The van der Waals surface area contributed by atoms with E-state index in [1.54, 1.807) is 11.2 Å². The molecule has 2 aromatic rings. The average Bonchev–Trinajstić information content (AvgIpc) is 3.42. The fourth-order valence-corrected chi connectivity index (χ4v) is 5.41. The number of carbonyl (C=O) groups is 1. The lowest BCUT2D eigenvalue weighted by Gasteiger charge is -2.38. The van der Waals surface area contributed by atoms with Crippen molar-refractivity contribution in [2.45, 2.75) is 109 Å². The van der Waals surface area contributed by atoms with E-state index >= 15 is 0 Å². The Morgan fingerprint density at radius 1 is 0.974 bits per heavy atom. The minimum atomic E-state index is -0.940. The molecule has 214 valence electrons. The predicted octanol–water partition coefficient (Wildman–Crippen LogP) is 7.24. The van der Waals surface area contributed by atoms with Crippen LogP contribution in [0.25, 0.3) is 11.2 Å². The number of fused-ring (bicyclic) bond motifs is 1. The summed E-state index contributed by atoms with van der Waals surface area (Å²) in [5.41, 5.74) is 2.06. The molecular weight excluding hydrogens is 502 g/mol. The van der Waals surface area contributed by atoms with Crippen molar-refractivity contribution >= 4 is 22.9 Å². The maximum absolute atomic E-state index is 14.1. The van der Waals surface area contributed by atoms with Crippen LogP contribution in [0.3, 0.4) is 0 Å². The number of hydrogen-bond acceptors (Lipinski definition) is 6. The Morgan fingerprint density at radius 3 is 2.36 bits per heavy atom. The van der Waals surface area contributed by atoms with Gasteiger partial charge in [-0.05, 0) is 26.2 Å². The quantitative estimate of drug-likeness (QED) is 0.216. The van der Waals surface area contributed by atoms with Gasteiger partial charge in [0.2, 0.25) is 5.91 Å². The molecule has 10 heteroatoms. The van der Waals surface area contributed by atoms with Crippen LogP contribution in [0.5, 0.6) is 0 Å². The first kappa shape index (κ1) is 29.0. The smallest absolute Gasteiger partial charge is 0.227 e. The second-order valence-corrected chi connectivity index (χ2v) is 10.7. The second kappa shape index (κ2) is 14.9. The first-order chi connectivity index (χ1) is 19.1. The third-order valence-electron chi connectivity index (χ3n) is 7.58. The van der Waals surface area contributed by atoms with E-state index in [0.717, 1.165) is 43.6 Å². The van der Waals surface area contributed by atoms with E-state index in [2.05, 4.69) is 25.3 Å². The molecule has 0 radical (unpaired) electrons. The molecule has 1 amide bonds. The Bertz CT molecular complexity index is 1150. The van der Waals surface area contributed by atoms with Crippen LogP contribution in [0.4, 0.5) is 14.6 Å². The molecule has 0 fully saturated rings. The number of H-pyrrole nitrogens is 1. The molecule has 2 N–H and O–H groups in total. The van der Waals surface area contributed by atoms with E-state index in [-0.39, 0.29) is 30.7 Å². The molecule has 2 aliphatic rings. The van der Waals surface area contributed by atoms with Crippen molar-refractivity contribution < 1.29 is 18.3 Å². The zero-order valence-electron chi connectivity index (χ0n) is 23.1.